The Morgan fingerprint density at radius 2 is 2.19 bits per heavy atom. The van der Waals surface area contributed by atoms with Crippen molar-refractivity contribution in [2.24, 2.45) is 14.1 Å². The molecule has 0 spiro atoms. The van der Waals surface area contributed by atoms with Crippen LogP contribution in [0.4, 0.5) is 0 Å². The van der Waals surface area contributed by atoms with E-state index in [1.165, 1.54) is 0 Å². The lowest BCUT2D eigenvalue weighted by Crippen LogP contribution is -2.11. The molecule has 2 rings (SSSR count). The zero-order valence-corrected chi connectivity index (χ0v) is 9.64. The Hall–Kier alpha value is -1.91. The minimum Gasteiger partial charge on any atom is -0.331 e. The molecule has 0 fully saturated rings. The van der Waals surface area contributed by atoms with Crippen molar-refractivity contribution < 1.29 is 4.79 Å². The average molecular weight is 218 g/mol. The molecule has 5 heteroatoms. The van der Waals surface area contributed by atoms with E-state index in [1.54, 1.807) is 21.8 Å². The van der Waals surface area contributed by atoms with Crippen molar-refractivity contribution in [1.29, 1.82) is 0 Å². The van der Waals surface area contributed by atoms with E-state index < -0.39 is 0 Å². The molecule has 2 aromatic heterocycles. The summed E-state index contributed by atoms with van der Waals surface area (Å²) in [5, 5.41) is 4.21. The zero-order valence-electron chi connectivity index (χ0n) is 9.64. The number of hydrogen-bond acceptors (Lipinski definition) is 3. The smallest absolute Gasteiger partial charge is 0.186 e. The average Bonchev–Trinajstić information content (AvgIpc) is 2.74. The summed E-state index contributed by atoms with van der Waals surface area (Å²) in [5.41, 5.74) is 2.47. The predicted molar refractivity (Wildman–Crippen MR) is 59.2 cm³/mol. The van der Waals surface area contributed by atoms with Gasteiger partial charge in [0.05, 0.1) is 24.6 Å². The second-order valence-corrected chi connectivity index (χ2v) is 3.89. The van der Waals surface area contributed by atoms with Crippen LogP contribution in [0.2, 0.25) is 0 Å². The second kappa shape index (κ2) is 3.92. The molecule has 0 atom stereocenters. The topological polar surface area (TPSA) is 52.7 Å². The standard InChI is InChI=1S/C11H14N4O/c1-8-4-9(15(3)13-8)5-11(16)10-6-12-7-14(10)2/h4,6-7H,5H2,1-3H3. The first kappa shape index (κ1) is 10.6. The summed E-state index contributed by atoms with van der Waals surface area (Å²) in [7, 11) is 3.66. The largest absolute Gasteiger partial charge is 0.331 e. The van der Waals surface area contributed by atoms with E-state index >= 15 is 0 Å². The van der Waals surface area contributed by atoms with Crippen LogP contribution in [0.15, 0.2) is 18.6 Å². The van der Waals surface area contributed by atoms with Crippen LogP contribution < -0.4 is 0 Å². The fourth-order valence-electron chi connectivity index (χ4n) is 1.71. The molecule has 0 N–H and O–H groups in total. The predicted octanol–water partition coefficient (Wildman–Crippen LogP) is 0.887. The van der Waals surface area contributed by atoms with Gasteiger partial charge in [-0.15, -0.1) is 0 Å². The summed E-state index contributed by atoms with van der Waals surface area (Å²) < 4.78 is 3.47. The summed E-state index contributed by atoms with van der Waals surface area (Å²) in [5.74, 6) is 0.0583. The third-order valence-corrected chi connectivity index (χ3v) is 2.54. The number of carbonyl (C=O) groups excluding carboxylic acids is 1. The Kier molecular flexibility index (Phi) is 2.60. The van der Waals surface area contributed by atoms with E-state index in [-0.39, 0.29) is 5.78 Å². The van der Waals surface area contributed by atoms with Gasteiger partial charge in [-0.05, 0) is 13.0 Å². The Balaban J connectivity index is 2.20. The molecule has 0 unspecified atom stereocenters. The molecule has 16 heavy (non-hydrogen) atoms. The Morgan fingerprint density at radius 1 is 1.44 bits per heavy atom. The van der Waals surface area contributed by atoms with E-state index in [9.17, 15) is 4.79 Å². The number of imidazole rings is 1. The van der Waals surface area contributed by atoms with Crippen molar-refractivity contribution in [2.45, 2.75) is 13.3 Å². The molecule has 0 amide bonds. The van der Waals surface area contributed by atoms with Gasteiger partial charge in [0.2, 0.25) is 0 Å². The fourth-order valence-corrected chi connectivity index (χ4v) is 1.71. The molecule has 2 aromatic rings. The van der Waals surface area contributed by atoms with Gasteiger partial charge >= 0.3 is 0 Å². The fraction of sp³-hybridized carbons (Fsp3) is 0.364. The summed E-state index contributed by atoms with van der Waals surface area (Å²) in [6, 6.07) is 1.92. The number of nitrogens with zero attached hydrogens (tertiary/aromatic N) is 4. The van der Waals surface area contributed by atoms with Gasteiger partial charge in [0.15, 0.2) is 5.78 Å². The number of Topliss-reactive ketones (excluding diaryl/α,β-unsaturated/α-hetero) is 1. The molecule has 0 aliphatic rings. The van der Waals surface area contributed by atoms with Crippen LogP contribution in [0, 0.1) is 6.92 Å². The molecule has 0 bridgehead atoms. The Morgan fingerprint density at radius 3 is 2.69 bits per heavy atom. The quantitative estimate of drug-likeness (QED) is 0.719. The normalized spacial score (nSPS) is 10.7. The van der Waals surface area contributed by atoms with Gasteiger partial charge in [-0.2, -0.15) is 5.10 Å². The molecule has 0 saturated carbocycles. The molecule has 2 heterocycles. The number of rotatable bonds is 3. The maximum atomic E-state index is 12.0. The SMILES string of the molecule is Cc1cc(CC(=O)c2cncn2C)n(C)n1. The summed E-state index contributed by atoms with van der Waals surface area (Å²) in [4.78, 5) is 15.9. The van der Waals surface area contributed by atoms with Crippen molar-refractivity contribution in [2.75, 3.05) is 0 Å². The van der Waals surface area contributed by atoms with E-state index in [2.05, 4.69) is 10.1 Å². The molecule has 0 aliphatic heterocycles. The highest BCUT2D eigenvalue weighted by Gasteiger charge is 2.13. The van der Waals surface area contributed by atoms with Crippen LogP contribution in [0.5, 0.6) is 0 Å². The minimum atomic E-state index is 0.0583. The van der Waals surface area contributed by atoms with Crippen molar-refractivity contribution in [1.82, 2.24) is 19.3 Å². The van der Waals surface area contributed by atoms with Gasteiger partial charge < -0.3 is 4.57 Å². The Bertz CT molecular complexity index is 524. The van der Waals surface area contributed by atoms with Crippen molar-refractivity contribution in [3.8, 4) is 0 Å². The number of aryl methyl sites for hydroxylation is 3. The highest BCUT2D eigenvalue weighted by atomic mass is 16.1. The van der Waals surface area contributed by atoms with E-state index in [0.717, 1.165) is 11.4 Å². The summed E-state index contributed by atoms with van der Waals surface area (Å²) in [6.07, 6.45) is 3.57. The van der Waals surface area contributed by atoms with E-state index in [0.29, 0.717) is 12.1 Å². The Labute approximate surface area is 93.7 Å². The first-order chi connectivity index (χ1) is 7.58. The molecule has 0 aromatic carbocycles. The van der Waals surface area contributed by atoms with Crippen LogP contribution in [-0.2, 0) is 20.5 Å². The monoisotopic (exact) mass is 218 g/mol. The number of aromatic nitrogens is 4. The first-order valence-electron chi connectivity index (χ1n) is 5.07. The van der Waals surface area contributed by atoms with Gasteiger partial charge in [0.25, 0.3) is 0 Å². The van der Waals surface area contributed by atoms with Gasteiger partial charge in [0, 0.05) is 19.8 Å². The number of carbonyl (C=O) groups is 1. The summed E-state index contributed by atoms with van der Waals surface area (Å²) in [6.45, 7) is 1.91. The summed E-state index contributed by atoms with van der Waals surface area (Å²) >= 11 is 0. The van der Waals surface area contributed by atoms with E-state index in [1.807, 2.05) is 27.1 Å². The highest BCUT2D eigenvalue weighted by Crippen LogP contribution is 2.07. The van der Waals surface area contributed by atoms with Crippen LogP contribution in [0.3, 0.4) is 0 Å². The maximum absolute atomic E-state index is 12.0. The minimum absolute atomic E-state index is 0.0583. The molecular weight excluding hydrogens is 204 g/mol. The molecule has 84 valence electrons. The van der Waals surface area contributed by atoms with Gasteiger partial charge in [-0.25, -0.2) is 4.98 Å². The molecule has 0 aliphatic carbocycles. The lowest BCUT2D eigenvalue weighted by molar-refractivity contribution is 0.0983. The van der Waals surface area contributed by atoms with Crippen molar-refractivity contribution in [3.05, 3.63) is 35.7 Å². The van der Waals surface area contributed by atoms with Crippen molar-refractivity contribution >= 4 is 5.78 Å². The first-order valence-corrected chi connectivity index (χ1v) is 5.07. The second-order valence-electron chi connectivity index (χ2n) is 3.89. The zero-order chi connectivity index (χ0) is 11.7. The van der Waals surface area contributed by atoms with Crippen LogP contribution in [0.1, 0.15) is 21.9 Å². The van der Waals surface area contributed by atoms with Gasteiger partial charge in [-0.3, -0.25) is 9.48 Å². The highest BCUT2D eigenvalue weighted by molar-refractivity contribution is 5.95. The van der Waals surface area contributed by atoms with E-state index in [4.69, 9.17) is 0 Å². The molecular formula is C11H14N4O. The third-order valence-electron chi connectivity index (χ3n) is 2.54. The molecule has 0 saturated heterocycles. The lowest BCUT2D eigenvalue weighted by Gasteiger charge is -2.02. The van der Waals surface area contributed by atoms with Crippen LogP contribution >= 0.6 is 0 Å². The van der Waals surface area contributed by atoms with Crippen molar-refractivity contribution in [3.63, 3.8) is 0 Å². The maximum Gasteiger partial charge on any atom is 0.186 e. The third kappa shape index (κ3) is 1.88. The van der Waals surface area contributed by atoms with Crippen LogP contribution in [-0.4, -0.2) is 25.1 Å². The number of ketones is 1. The molecule has 0 radical (unpaired) electrons. The van der Waals surface area contributed by atoms with Crippen LogP contribution in [0.25, 0.3) is 0 Å². The lowest BCUT2D eigenvalue weighted by atomic mass is 10.1. The molecule has 5 nitrogen and oxygen atoms in total. The van der Waals surface area contributed by atoms with Gasteiger partial charge in [0.1, 0.15) is 5.69 Å². The van der Waals surface area contributed by atoms with Gasteiger partial charge in [-0.1, -0.05) is 0 Å². The number of hydrogen-bond donors (Lipinski definition) is 0.